The highest BCUT2D eigenvalue weighted by molar-refractivity contribution is 7.16. The molecule has 1 N–H and O–H groups in total. The molecule has 0 spiro atoms. The molecule has 0 radical (unpaired) electrons. The molecule has 0 atom stereocenters. The van der Waals surface area contributed by atoms with E-state index in [0.29, 0.717) is 18.0 Å². The van der Waals surface area contributed by atoms with E-state index >= 15 is 0 Å². The topological polar surface area (TPSA) is 56.5 Å². The average Bonchev–Trinajstić information content (AvgIpc) is 3.21. The molecule has 6 heteroatoms. The third kappa shape index (κ3) is 3.32. The van der Waals surface area contributed by atoms with E-state index in [4.69, 9.17) is 13.9 Å². The third-order valence-corrected chi connectivity index (χ3v) is 4.38. The van der Waals surface area contributed by atoms with Crippen LogP contribution in [0.3, 0.4) is 0 Å². The van der Waals surface area contributed by atoms with Gasteiger partial charge in [-0.15, -0.1) is 11.3 Å². The first-order valence-corrected chi connectivity index (χ1v) is 7.99. The van der Waals surface area contributed by atoms with Crippen molar-refractivity contribution in [2.24, 2.45) is 0 Å². The molecule has 0 aliphatic rings. The molecule has 0 unspecified atom stereocenters. The molecule has 2 heterocycles. The number of nitrogens with zero attached hydrogens (tertiary/aromatic N) is 1. The second-order valence-electron chi connectivity index (χ2n) is 4.93. The lowest BCUT2D eigenvalue weighted by molar-refractivity contribution is 0.355. The number of aryl methyl sites for hydroxylation is 1. The molecule has 0 saturated carbocycles. The van der Waals surface area contributed by atoms with Gasteiger partial charge in [0.1, 0.15) is 5.76 Å². The van der Waals surface area contributed by atoms with E-state index in [0.717, 1.165) is 27.0 Å². The summed E-state index contributed by atoms with van der Waals surface area (Å²) >= 11 is 1.62. The van der Waals surface area contributed by atoms with E-state index in [1.54, 1.807) is 31.8 Å². The number of ether oxygens (including phenoxy) is 2. The number of aromatic nitrogens is 1. The highest BCUT2D eigenvalue weighted by Crippen LogP contribution is 2.36. The van der Waals surface area contributed by atoms with Crippen LogP contribution in [0, 0.1) is 6.92 Å². The van der Waals surface area contributed by atoms with Crippen molar-refractivity contribution in [2.75, 3.05) is 19.5 Å². The Hall–Kier alpha value is -2.47. The van der Waals surface area contributed by atoms with E-state index in [-0.39, 0.29) is 0 Å². The van der Waals surface area contributed by atoms with Gasteiger partial charge in [-0.3, -0.25) is 0 Å². The first-order valence-electron chi connectivity index (χ1n) is 7.17. The van der Waals surface area contributed by atoms with Gasteiger partial charge < -0.3 is 19.2 Å². The van der Waals surface area contributed by atoms with E-state index in [1.165, 1.54) is 0 Å². The zero-order chi connectivity index (χ0) is 16.2. The molecule has 0 fully saturated rings. The minimum atomic E-state index is 0.616. The maximum atomic E-state index is 5.36. The molecular formula is C17H18N2O3S. The summed E-state index contributed by atoms with van der Waals surface area (Å²) in [6.07, 6.45) is 1.67. The van der Waals surface area contributed by atoms with Crippen LogP contribution in [0.4, 0.5) is 5.13 Å². The fraction of sp³-hybridized carbons (Fsp3) is 0.235. The minimum absolute atomic E-state index is 0.616. The number of hydrogen-bond acceptors (Lipinski definition) is 6. The van der Waals surface area contributed by atoms with Crippen LogP contribution >= 0.6 is 11.3 Å². The average molecular weight is 330 g/mol. The number of hydrogen-bond donors (Lipinski definition) is 1. The van der Waals surface area contributed by atoms with Crippen LogP contribution in [0.2, 0.25) is 0 Å². The van der Waals surface area contributed by atoms with Gasteiger partial charge in [-0.25, -0.2) is 4.98 Å². The molecule has 23 heavy (non-hydrogen) atoms. The van der Waals surface area contributed by atoms with Crippen molar-refractivity contribution in [3.05, 3.63) is 47.2 Å². The van der Waals surface area contributed by atoms with Crippen molar-refractivity contribution in [2.45, 2.75) is 13.5 Å². The first kappa shape index (κ1) is 15.4. The predicted octanol–water partition coefficient (Wildman–Crippen LogP) is 4.34. The SMILES string of the molecule is COc1ccc(-c2nc(NCc3ccco3)sc2C)cc1OC. The summed E-state index contributed by atoms with van der Waals surface area (Å²) in [4.78, 5) is 5.82. The van der Waals surface area contributed by atoms with Crippen LogP contribution in [0.1, 0.15) is 10.6 Å². The van der Waals surface area contributed by atoms with Gasteiger partial charge in [0, 0.05) is 10.4 Å². The summed E-state index contributed by atoms with van der Waals surface area (Å²) in [5, 5.41) is 4.15. The molecular weight excluding hydrogens is 312 g/mol. The zero-order valence-corrected chi connectivity index (χ0v) is 14.1. The number of anilines is 1. The summed E-state index contributed by atoms with van der Waals surface area (Å²) in [6, 6.07) is 9.63. The summed E-state index contributed by atoms with van der Waals surface area (Å²) in [5.41, 5.74) is 1.94. The van der Waals surface area contributed by atoms with Gasteiger partial charge in [-0.2, -0.15) is 0 Å². The van der Waals surface area contributed by atoms with Crippen molar-refractivity contribution in [3.8, 4) is 22.8 Å². The Balaban J connectivity index is 1.83. The van der Waals surface area contributed by atoms with Gasteiger partial charge in [-0.05, 0) is 37.3 Å². The van der Waals surface area contributed by atoms with Crippen LogP contribution in [-0.4, -0.2) is 19.2 Å². The van der Waals surface area contributed by atoms with E-state index in [9.17, 15) is 0 Å². The predicted molar refractivity (Wildman–Crippen MR) is 91.4 cm³/mol. The van der Waals surface area contributed by atoms with Gasteiger partial charge in [0.2, 0.25) is 0 Å². The number of methoxy groups -OCH3 is 2. The third-order valence-electron chi connectivity index (χ3n) is 3.45. The zero-order valence-electron chi connectivity index (χ0n) is 13.3. The molecule has 1 aromatic carbocycles. The number of thiazole rings is 1. The van der Waals surface area contributed by atoms with Crippen LogP contribution in [0.5, 0.6) is 11.5 Å². The summed E-state index contributed by atoms with van der Waals surface area (Å²) < 4.78 is 16.0. The van der Waals surface area contributed by atoms with Crippen molar-refractivity contribution >= 4 is 16.5 Å². The minimum Gasteiger partial charge on any atom is -0.493 e. The second-order valence-corrected chi connectivity index (χ2v) is 6.13. The first-order chi connectivity index (χ1) is 11.2. The molecule has 0 aliphatic heterocycles. The Morgan fingerprint density at radius 1 is 1.17 bits per heavy atom. The highest BCUT2D eigenvalue weighted by Gasteiger charge is 2.13. The summed E-state index contributed by atoms with van der Waals surface area (Å²) in [7, 11) is 3.26. The maximum absolute atomic E-state index is 5.36. The van der Waals surface area contributed by atoms with Gasteiger partial charge in [0.25, 0.3) is 0 Å². The lowest BCUT2D eigenvalue weighted by Crippen LogP contribution is -1.97. The van der Waals surface area contributed by atoms with Crippen molar-refractivity contribution < 1.29 is 13.9 Å². The Kier molecular flexibility index (Phi) is 4.52. The fourth-order valence-corrected chi connectivity index (χ4v) is 3.13. The smallest absolute Gasteiger partial charge is 0.183 e. The number of nitrogens with one attached hydrogen (secondary N) is 1. The van der Waals surface area contributed by atoms with Gasteiger partial charge in [0.15, 0.2) is 16.6 Å². The molecule has 0 bridgehead atoms. The molecule has 0 aliphatic carbocycles. The molecule has 0 saturated heterocycles. The highest BCUT2D eigenvalue weighted by atomic mass is 32.1. The maximum Gasteiger partial charge on any atom is 0.183 e. The fourth-order valence-electron chi connectivity index (χ4n) is 2.30. The lowest BCUT2D eigenvalue weighted by atomic mass is 10.1. The van der Waals surface area contributed by atoms with Crippen LogP contribution in [0.25, 0.3) is 11.3 Å². The van der Waals surface area contributed by atoms with Gasteiger partial charge in [0.05, 0.1) is 32.7 Å². The van der Waals surface area contributed by atoms with Crippen LogP contribution in [0.15, 0.2) is 41.0 Å². The Morgan fingerprint density at radius 2 is 2.00 bits per heavy atom. The molecule has 2 aromatic heterocycles. The Morgan fingerprint density at radius 3 is 2.70 bits per heavy atom. The van der Waals surface area contributed by atoms with E-state index < -0.39 is 0 Å². The molecule has 5 nitrogen and oxygen atoms in total. The van der Waals surface area contributed by atoms with Crippen LogP contribution in [-0.2, 0) is 6.54 Å². The van der Waals surface area contributed by atoms with E-state index in [1.807, 2.05) is 30.3 Å². The molecule has 0 amide bonds. The summed E-state index contributed by atoms with van der Waals surface area (Å²) in [5.74, 6) is 2.29. The Bertz CT molecular complexity index is 781. The number of rotatable bonds is 6. The standard InChI is InChI=1S/C17H18N2O3S/c1-11-16(12-6-7-14(20-2)15(9-12)21-3)19-17(23-11)18-10-13-5-4-8-22-13/h4-9H,10H2,1-3H3,(H,18,19). The number of furan rings is 1. The molecule has 3 aromatic rings. The van der Waals surface area contributed by atoms with Crippen molar-refractivity contribution in [3.63, 3.8) is 0 Å². The Labute approximate surface area is 138 Å². The van der Waals surface area contributed by atoms with E-state index in [2.05, 4.69) is 17.2 Å². The number of benzene rings is 1. The molecule has 120 valence electrons. The second kappa shape index (κ2) is 6.75. The normalized spacial score (nSPS) is 10.6. The molecule has 3 rings (SSSR count). The quantitative estimate of drug-likeness (QED) is 0.728. The monoisotopic (exact) mass is 330 g/mol. The van der Waals surface area contributed by atoms with Crippen molar-refractivity contribution in [1.29, 1.82) is 0 Å². The van der Waals surface area contributed by atoms with Gasteiger partial charge in [-0.1, -0.05) is 0 Å². The lowest BCUT2D eigenvalue weighted by Gasteiger charge is -2.08. The van der Waals surface area contributed by atoms with Crippen LogP contribution < -0.4 is 14.8 Å². The van der Waals surface area contributed by atoms with Crippen molar-refractivity contribution in [1.82, 2.24) is 4.98 Å². The largest absolute Gasteiger partial charge is 0.493 e. The summed E-state index contributed by atoms with van der Waals surface area (Å²) in [6.45, 7) is 2.67. The van der Waals surface area contributed by atoms with Gasteiger partial charge >= 0.3 is 0 Å².